The molecule has 2 heterocycles. The molecule has 0 amide bonds. The number of thiophene rings is 1. The fourth-order valence-corrected chi connectivity index (χ4v) is 3.40. The summed E-state index contributed by atoms with van der Waals surface area (Å²) in [6.45, 7) is 8.43. The Labute approximate surface area is 124 Å². The van der Waals surface area contributed by atoms with Crippen molar-refractivity contribution >= 4 is 33.3 Å². The first kappa shape index (κ1) is 13.6. The van der Waals surface area contributed by atoms with Gasteiger partial charge in [0, 0.05) is 18.0 Å². The molecule has 1 saturated carbocycles. The predicted molar refractivity (Wildman–Crippen MR) is 86.7 cm³/mol. The summed E-state index contributed by atoms with van der Waals surface area (Å²) in [6.07, 6.45) is 2.39. The van der Waals surface area contributed by atoms with E-state index in [1.807, 2.05) is 0 Å². The minimum atomic E-state index is 0.732. The van der Waals surface area contributed by atoms with Crippen LogP contribution in [-0.4, -0.2) is 23.1 Å². The molecule has 0 aliphatic heterocycles. The number of rotatable bonds is 6. The minimum absolute atomic E-state index is 0.732. The van der Waals surface area contributed by atoms with E-state index in [9.17, 15) is 0 Å². The third-order valence-corrected chi connectivity index (χ3v) is 5.11. The highest BCUT2D eigenvalue weighted by molar-refractivity contribution is 7.18. The van der Waals surface area contributed by atoms with Gasteiger partial charge in [-0.15, -0.1) is 11.3 Å². The maximum Gasteiger partial charge on any atom is 0.226 e. The molecule has 5 heteroatoms. The number of anilines is 2. The Morgan fingerprint density at radius 3 is 2.75 bits per heavy atom. The van der Waals surface area contributed by atoms with E-state index in [1.54, 1.807) is 11.3 Å². The van der Waals surface area contributed by atoms with Crippen LogP contribution in [0.15, 0.2) is 6.07 Å². The summed E-state index contributed by atoms with van der Waals surface area (Å²) in [6, 6.07) is 2.23. The van der Waals surface area contributed by atoms with Crippen LogP contribution >= 0.6 is 11.3 Å². The zero-order valence-corrected chi connectivity index (χ0v) is 13.2. The topological polar surface area (TPSA) is 49.8 Å². The lowest BCUT2D eigenvalue weighted by atomic mass is 10.3. The van der Waals surface area contributed by atoms with Crippen molar-refractivity contribution < 1.29 is 0 Å². The fourth-order valence-electron chi connectivity index (χ4n) is 2.43. The Bertz CT molecular complexity index is 607. The number of nitrogens with one attached hydrogen (secondary N) is 2. The van der Waals surface area contributed by atoms with E-state index in [0.29, 0.717) is 0 Å². The van der Waals surface area contributed by atoms with Gasteiger partial charge in [0.15, 0.2) is 0 Å². The van der Waals surface area contributed by atoms with Crippen LogP contribution in [0.3, 0.4) is 0 Å². The van der Waals surface area contributed by atoms with Crippen molar-refractivity contribution in [1.29, 1.82) is 0 Å². The first-order chi connectivity index (χ1) is 9.71. The van der Waals surface area contributed by atoms with Gasteiger partial charge >= 0.3 is 0 Å². The molecule has 2 aromatic rings. The summed E-state index contributed by atoms with van der Waals surface area (Å²) in [4.78, 5) is 11.7. The summed E-state index contributed by atoms with van der Waals surface area (Å²) < 4.78 is 0. The summed E-state index contributed by atoms with van der Waals surface area (Å²) in [5.41, 5.74) is 0. The van der Waals surface area contributed by atoms with E-state index in [-0.39, 0.29) is 0 Å². The van der Waals surface area contributed by atoms with Crippen molar-refractivity contribution in [2.75, 3.05) is 23.7 Å². The highest BCUT2D eigenvalue weighted by atomic mass is 32.1. The Kier molecular flexibility index (Phi) is 3.78. The van der Waals surface area contributed by atoms with Gasteiger partial charge in [-0.2, -0.15) is 4.98 Å². The van der Waals surface area contributed by atoms with Crippen LogP contribution in [0, 0.1) is 11.8 Å². The average Bonchev–Trinajstić information content (AvgIpc) is 2.98. The monoisotopic (exact) mass is 290 g/mol. The number of hydrogen-bond donors (Lipinski definition) is 2. The lowest BCUT2D eigenvalue weighted by Crippen LogP contribution is -2.09. The van der Waals surface area contributed by atoms with Crippen molar-refractivity contribution in [2.24, 2.45) is 11.8 Å². The molecule has 2 N–H and O–H groups in total. The molecule has 4 nitrogen and oxygen atoms in total. The van der Waals surface area contributed by atoms with E-state index in [0.717, 1.165) is 47.9 Å². The third-order valence-electron chi connectivity index (χ3n) is 3.93. The second kappa shape index (κ2) is 5.56. The van der Waals surface area contributed by atoms with Gasteiger partial charge in [0.2, 0.25) is 5.95 Å². The predicted octanol–water partition coefficient (Wildman–Crippen LogP) is 3.75. The van der Waals surface area contributed by atoms with Crippen LogP contribution in [0.4, 0.5) is 11.8 Å². The first-order valence-electron chi connectivity index (χ1n) is 7.49. The Hall–Kier alpha value is -1.36. The smallest absolute Gasteiger partial charge is 0.226 e. The van der Waals surface area contributed by atoms with Gasteiger partial charge < -0.3 is 10.6 Å². The number of aromatic nitrogens is 2. The van der Waals surface area contributed by atoms with Crippen molar-refractivity contribution in [3.05, 3.63) is 10.9 Å². The van der Waals surface area contributed by atoms with Crippen LogP contribution in [0.25, 0.3) is 10.2 Å². The van der Waals surface area contributed by atoms with Gasteiger partial charge in [0.05, 0.1) is 5.39 Å². The molecular formula is C15H22N4S. The minimum Gasteiger partial charge on any atom is -0.369 e. The number of aryl methyl sites for hydroxylation is 1. The summed E-state index contributed by atoms with van der Waals surface area (Å²) in [5, 5.41) is 7.92. The van der Waals surface area contributed by atoms with E-state index in [4.69, 9.17) is 0 Å². The van der Waals surface area contributed by atoms with E-state index in [1.165, 1.54) is 16.7 Å². The Morgan fingerprint density at radius 2 is 2.10 bits per heavy atom. The SMILES string of the molecule is CCNc1nc(NCC2CC2C)c2cc(CC)sc2n1. The van der Waals surface area contributed by atoms with Gasteiger partial charge in [-0.1, -0.05) is 13.8 Å². The first-order valence-corrected chi connectivity index (χ1v) is 8.31. The maximum atomic E-state index is 4.64. The fraction of sp³-hybridized carbons (Fsp3) is 0.600. The highest BCUT2D eigenvalue weighted by Crippen LogP contribution is 2.38. The number of nitrogens with zero attached hydrogens (tertiary/aromatic N) is 2. The number of hydrogen-bond acceptors (Lipinski definition) is 5. The standard InChI is InChI=1S/C15H22N4S/c1-4-11-7-12-13(17-8-10-6-9(10)3)18-15(16-5-2)19-14(12)20-11/h7,9-10H,4-6,8H2,1-3H3,(H2,16,17,18,19). The quantitative estimate of drug-likeness (QED) is 0.850. The van der Waals surface area contributed by atoms with E-state index in [2.05, 4.69) is 47.4 Å². The molecule has 2 aromatic heterocycles. The molecular weight excluding hydrogens is 268 g/mol. The van der Waals surface area contributed by atoms with Gasteiger partial charge in [0.1, 0.15) is 10.6 Å². The molecule has 0 bridgehead atoms. The van der Waals surface area contributed by atoms with Crippen LogP contribution in [0.5, 0.6) is 0 Å². The summed E-state index contributed by atoms with van der Waals surface area (Å²) in [5.74, 6) is 3.39. The average molecular weight is 290 g/mol. The Balaban J connectivity index is 1.90. The van der Waals surface area contributed by atoms with Gasteiger partial charge in [0.25, 0.3) is 0 Å². The van der Waals surface area contributed by atoms with Gasteiger partial charge in [-0.05, 0) is 37.7 Å². The summed E-state index contributed by atoms with van der Waals surface area (Å²) in [7, 11) is 0. The number of fused-ring (bicyclic) bond motifs is 1. The molecule has 0 aromatic carbocycles. The molecule has 1 aliphatic rings. The third kappa shape index (κ3) is 2.73. The molecule has 2 unspecified atom stereocenters. The Morgan fingerprint density at radius 1 is 1.30 bits per heavy atom. The molecule has 0 saturated heterocycles. The zero-order chi connectivity index (χ0) is 14.1. The molecule has 2 atom stereocenters. The van der Waals surface area contributed by atoms with Gasteiger partial charge in [-0.25, -0.2) is 4.98 Å². The molecule has 0 spiro atoms. The van der Waals surface area contributed by atoms with Crippen LogP contribution in [-0.2, 0) is 6.42 Å². The molecule has 1 fully saturated rings. The molecule has 3 rings (SSSR count). The maximum absolute atomic E-state index is 4.64. The van der Waals surface area contributed by atoms with Gasteiger partial charge in [-0.3, -0.25) is 0 Å². The van der Waals surface area contributed by atoms with Crippen molar-refractivity contribution in [3.63, 3.8) is 0 Å². The molecule has 20 heavy (non-hydrogen) atoms. The van der Waals surface area contributed by atoms with Crippen molar-refractivity contribution in [2.45, 2.75) is 33.6 Å². The van der Waals surface area contributed by atoms with E-state index < -0.39 is 0 Å². The molecule has 1 aliphatic carbocycles. The normalized spacial score (nSPS) is 21.1. The second-order valence-electron chi connectivity index (χ2n) is 5.57. The van der Waals surface area contributed by atoms with Crippen molar-refractivity contribution in [3.8, 4) is 0 Å². The van der Waals surface area contributed by atoms with Crippen LogP contribution in [0.1, 0.15) is 32.1 Å². The van der Waals surface area contributed by atoms with Crippen LogP contribution < -0.4 is 10.6 Å². The largest absolute Gasteiger partial charge is 0.369 e. The molecule has 0 radical (unpaired) electrons. The van der Waals surface area contributed by atoms with Crippen molar-refractivity contribution in [1.82, 2.24) is 9.97 Å². The van der Waals surface area contributed by atoms with Crippen LogP contribution in [0.2, 0.25) is 0 Å². The summed E-state index contributed by atoms with van der Waals surface area (Å²) >= 11 is 1.77. The van der Waals surface area contributed by atoms with E-state index >= 15 is 0 Å². The highest BCUT2D eigenvalue weighted by Gasteiger charge is 2.32. The molecule has 108 valence electrons. The second-order valence-corrected chi connectivity index (χ2v) is 6.68. The lowest BCUT2D eigenvalue weighted by molar-refractivity contribution is 0.785. The lowest BCUT2D eigenvalue weighted by Gasteiger charge is -2.08. The zero-order valence-electron chi connectivity index (χ0n) is 12.4.